The van der Waals surface area contributed by atoms with Gasteiger partial charge in [-0.3, -0.25) is 4.79 Å². The molecule has 1 aromatic carbocycles. The smallest absolute Gasteiger partial charge is 0.262 e. The lowest BCUT2D eigenvalue weighted by Gasteiger charge is -2.24. The van der Waals surface area contributed by atoms with E-state index in [1.165, 1.54) is 4.90 Å². The Morgan fingerprint density at radius 1 is 1.38 bits per heavy atom. The van der Waals surface area contributed by atoms with E-state index in [-0.39, 0.29) is 11.4 Å². The molecule has 0 radical (unpaired) electrons. The number of nitrogens with one attached hydrogen (secondary N) is 1. The Bertz CT molecular complexity index is 496. The van der Waals surface area contributed by atoms with E-state index in [4.69, 9.17) is 16.3 Å². The monoisotopic (exact) mass is 312 g/mol. The van der Waals surface area contributed by atoms with Crippen molar-refractivity contribution in [3.63, 3.8) is 0 Å². The maximum absolute atomic E-state index is 11.9. The topological polar surface area (TPSA) is 41.6 Å². The molecule has 0 spiro atoms. The summed E-state index contributed by atoms with van der Waals surface area (Å²) in [5.41, 5.74) is 0.931. The maximum atomic E-state index is 11.9. The molecule has 1 atom stereocenters. The van der Waals surface area contributed by atoms with Gasteiger partial charge >= 0.3 is 0 Å². The minimum absolute atomic E-state index is 0.00927. The van der Waals surface area contributed by atoms with Crippen LogP contribution in [0.5, 0.6) is 5.75 Å². The molecule has 1 unspecified atom stereocenters. The number of amides is 1. The van der Waals surface area contributed by atoms with Crippen LogP contribution in [-0.2, 0) is 11.3 Å². The van der Waals surface area contributed by atoms with Crippen molar-refractivity contribution in [1.29, 1.82) is 0 Å². The van der Waals surface area contributed by atoms with Crippen molar-refractivity contribution in [2.24, 2.45) is 0 Å². The number of likely N-dealkylation sites (N-methyl/N-ethyl adjacent to an activating group) is 1. The number of halogens is 1. The van der Waals surface area contributed by atoms with E-state index in [0.29, 0.717) is 17.3 Å². The molecule has 1 N–H and O–H groups in total. The molecule has 118 valence electrons. The first-order chi connectivity index (χ1) is 9.61. The van der Waals surface area contributed by atoms with Gasteiger partial charge in [0.2, 0.25) is 0 Å². The summed E-state index contributed by atoms with van der Waals surface area (Å²) in [7, 11) is 3.41. The quantitative estimate of drug-likeness (QED) is 0.908. The average molecular weight is 313 g/mol. The van der Waals surface area contributed by atoms with Gasteiger partial charge in [0.05, 0.1) is 5.02 Å². The highest BCUT2D eigenvalue weighted by atomic mass is 35.5. The van der Waals surface area contributed by atoms with Crippen LogP contribution in [0, 0.1) is 0 Å². The van der Waals surface area contributed by atoms with Crippen LogP contribution in [0.3, 0.4) is 0 Å². The predicted molar refractivity (Wildman–Crippen MR) is 86.8 cm³/mol. The lowest BCUT2D eigenvalue weighted by Crippen LogP contribution is -2.37. The molecule has 0 heterocycles. The van der Waals surface area contributed by atoms with E-state index in [1.807, 2.05) is 12.1 Å². The Labute approximate surface area is 132 Å². The lowest BCUT2D eigenvalue weighted by molar-refractivity contribution is -0.135. The molecule has 1 amide bonds. The van der Waals surface area contributed by atoms with Gasteiger partial charge in [-0.2, -0.15) is 0 Å². The summed E-state index contributed by atoms with van der Waals surface area (Å²) in [6, 6.07) is 5.60. The third kappa shape index (κ3) is 5.56. The van der Waals surface area contributed by atoms with Gasteiger partial charge in [0.1, 0.15) is 5.75 Å². The van der Waals surface area contributed by atoms with E-state index in [1.54, 1.807) is 27.1 Å². The lowest BCUT2D eigenvalue weighted by atomic mass is 10.1. The fraction of sp³-hybridized carbons (Fsp3) is 0.562. The summed E-state index contributed by atoms with van der Waals surface area (Å²) in [6.45, 7) is 8.64. The highest BCUT2D eigenvalue weighted by molar-refractivity contribution is 6.32. The summed E-state index contributed by atoms with van der Waals surface area (Å²) in [6.07, 6.45) is -0.576. The highest BCUT2D eigenvalue weighted by Crippen LogP contribution is 2.30. The maximum Gasteiger partial charge on any atom is 0.262 e. The first-order valence-corrected chi connectivity index (χ1v) is 7.40. The summed E-state index contributed by atoms with van der Waals surface area (Å²) in [5.74, 6) is 0.475. The van der Waals surface area contributed by atoms with Gasteiger partial charge in [-0.25, -0.2) is 0 Å². The van der Waals surface area contributed by atoms with E-state index in [9.17, 15) is 4.79 Å². The second kappa shape index (κ2) is 7.14. The van der Waals surface area contributed by atoms with Crippen LogP contribution in [0.2, 0.25) is 5.02 Å². The zero-order valence-corrected chi connectivity index (χ0v) is 14.4. The molecule has 0 bridgehead atoms. The average Bonchev–Trinajstić information content (AvgIpc) is 2.37. The Kier molecular flexibility index (Phi) is 6.05. The molecular weight excluding hydrogens is 288 g/mol. The highest BCUT2D eigenvalue weighted by Gasteiger charge is 2.20. The molecule has 0 fully saturated rings. The number of carbonyl (C=O) groups is 1. The van der Waals surface area contributed by atoms with Crippen LogP contribution < -0.4 is 10.1 Å². The SMILES string of the molecule is CC(Oc1c(Cl)cccc1CNC(C)(C)C)C(=O)N(C)C. The van der Waals surface area contributed by atoms with Crippen molar-refractivity contribution in [3.05, 3.63) is 28.8 Å². The van der Waals surface area contributed by atoms with Crippen molar-refractivity contribution >= 4 is 17.5 Å². The molecule has 1 rings (SSSR count). The molecule has 0 aromatic heterocycles. The summed E-state index contributed by atoms with van der Waals surface area (Å²) in [5, 5.41) is 3.91. The minimum Gasteiger partial charge on any atom is -0.479 e. The van der Waals surface area contributed by atoms with Crippen LogP contribution >= 0.6 is 11.6 Å². The first-order valence-electron chi connectivity index (χ1n) is 7.02. The van der Waals surface area contributed by atoms with Gasteiger partial charge in [-0.1, -0.05) is 23.7 Å². The van der Waals surface area contributed by atoms with Crippen molar-refractivity contribution in [1.82, 2.24) is 10.2 Å². The molecule has 0 saturated heterocycles. The van der Waals surface area contributed by atoms with Crippen molar-refractivity contribution < 1.29 is 9.53 Å². The third-order valence-corrected chi connectivity index (χ3v) is 3.24. The fourth-order valence-corrected chi connectivity index (χ4v) is 2.01. The van der Waals surface area contributed by atoms with Crippen LogP contribution in [0.4, 0.5) is 0 Å². The molecule has 0 aliphatic rings. The second-order valence-electron chi connectivity index (χ2n) is 6.32. The summed E-state index contributed by atoms with van der Waals surface area (Å²) >= 11 is 6.23. The zero-order valence-electron chi connectivity index (χ0n) is 13.7. The van der Waals surface area contributed by atoms with E-state index >= 15 is 0 Å². The van der Waals surface area contributed by atoms with Crippen molar-refractivity contribution in [2.45, 2.75) is 45.9 Å². The number of carbonyl (C=O) groups excluding carboxylic acids is 1. The standard InChI is InChI=1S/C16H25ClN2O2/c1-11(15(20)19(5)6)21-14-12(8-7-9-13(14)17)10-18-16(2,3)4/h7-9,11,18H,10H2,1-6H3. The number of hydrogen-bond acceptors (Lipinski definition) is 3. The van der Waals surface area contributed by atoms with E-state index in [0.717, 1.165) is 5.56 Å². The second-order valence-corrected chi connectivity index (χ2v) is 6.73. The first kappa shape index (κ1) is 17.8. The van der Waals surface area contributed by atoms with Gasteiger partial charge in [0.15, 0.2) is 6.10 Å². The molecular formula is C16H25ClN2O2. The van der Waals surface area contributed by atoms with Gasteiger partial charge in [0, 0.05) is 31.7 Å². The Hall–Kier alpha value is -1.26. The third-order valence-electron chi connectivity index (χ3n) is 2.94. The van der Waals surface area contributed by atoms with Crippen LogP contribution in [0.15, 0.2) is 18.2 Å². The van der Waals surface area contributed by atoms with Crippen LogP contribution in [0.25, 0.3) is 0 Å². The summed E-state index contributed by atoms with van der Waals surface area (Å²) < 4.78 is 5.80. The van der Waals surface area contributed by atoms with Crippen molar-refractivity contribution in [2.75, 3.05) is 14.1 Å². The number of nitrogens with zero attached hydrogens (tertiary/aromatic N) is 1. The number of hydrogen-bond donors (Lipinski definition) is 1. The predicted octanol–water partition coefficient (Wildman–Crippen LogP) is 3.08. The zero-order chi connectivity index (χ0) is 16.2. The fourth-order valence-electron chi connectivity index (χ4n) is 1.78. The molecule has 4 nitrogen and oxygen atoms in total. The number of ether oxygens (including phenoxy) is 1. The molecule has 0 aliphatic heterocycles. The van der Waals surface area contributed by atoms with Gasteiger partial charge in [-0.15, -0.1) is 0 Å². The van der Waals surface area contributed by atoms with Gasteiger partial charge in [0.25, 0.3) is 5.91 Å². The molecule has 0 saturated carbocycles. The van der Waals surface area contributed by atoms with Crippen LogP contribution in [-0.4, -0.2) is 36.5 Å². The molecule has 0 aliphatic carbocycles. The van der Waals surface area contributed by atoms with E-state index < -0.39 is 6.10 Å². The van der Waals surface area contributed by atoms with Crippen molar-refractivity contribution in [3.8, 4) is 5.75 Å². The number of benzene rings is 1. The molecule has 1 aromatic rings. The van der Waals surface area contributed by atoms with Gasteiger partial charge in [-0.05, 0) is 33.8 Å². The molecule has 21 heavy (non-hydrogen) atoms. The normalized spacial score (nSPS) is 12.9. The largest absolute Gasteiger partial charge is 0.479 e. The Morgan fingerprint density at radius 2 is 2.00 bits per heavy atom. The van der Waals surface area contributed by atoms with Gasteiger partial charge < -0.3 is 15.0 Å². The van der Waals surface area contributed by atoms with E-state index in [2.05, 4.69) is 26.1 Å². The Balaban J connectivity index is 2.92. The minimum atomic E-state index is -0.576. The van der Waals surface area contributed by atoms with Crippen LogP contribution in [0.1, 0.15) is 33.3 Å². The number of rotatable bonds is 5. The Morgan fingerprint density at radius 3 is 2.52 bits per heavy atom. The summed E-state index contributed by atoms with van der Waals surface area (Å²) in [4.78, 5) is 13.4. The molecule has 5 heteroatoms. The number of para-hydroxylation sites is 1.